The molecule has 0 spiro atoms. The highest BCUT2D eigenvalue weighted by Gasteiger charge is 2.16. The molecule has 0 aliphatic carbocycles. The van der Waals surface area contributed by atoms with Crippen molar-refractivity contribution >= 4 is 33.6 Å². The molecular formula is C15H21BrN2O3. The maximum Gasteiger partial charge on any atom is 0.407 e. The predicted molar refractivity (Wildman–Crippen MR) is 86.4 cm³/mol. The summed E-state index contributed by atoms with van der Waals surface area (Å²) >= 11 is 3.35. The molecule has 6 heteroatoms. The van der Waals surface area contributed by atoms with Crippen LogP contribution in [-0.2, 0) is 9.53 Å². The summed E-state index contributed by atoms with van der Waals surface area (Å²) in [7, 11) is 0. The molecule has 0 aliphatic heterocycles. The second-order valence-corrected chi connectivity index (χ2v) is 6.49. The average molecular weight is 357 g/mol. The summed E-state index contributed by atoms with van der Waals surface area (Å²) in [6.07, 6.45) is -0.484. The number of carbonyl (C=O) groups excluding carboxylic acids is 2. The molecule has 2 amide bonds. The molecular weight excluding hydrogens is 336 g/mol. The van der Waals surface area contributed by atoms with Gasteiger partial charge in [-0.25, -0.2) is 4.79 Å². The zero-order valence-electron chi connectivity index (χ0n) is 12.8. The van der Waals surface area contributed by atoms with E-state index in [0.29, 0.717) is 13.1 Å². The summed E-state index contributed by atoms with van der Waals surface area (Å²) in [5, 5.41) is 2.64. The number of ether oxygens (including phenoxy) is 1. The number of rotatable bonds is 4. The highest BCUT2D eigenvalue weighted by molar-refractivity contribution is 9.10. The topological polar surface area (TPSA) is 58.6 Å². The van der Waals surface area contributed by atoms with Crippen LogP contribution in [0.2, 0.25) is 0 Å². The van der Waals surface area contributed by atoms with Crippen molar-refractivity contribution in [3.63, 3.8) is 0 Å². The third-order valence-electron chi connectivity index (χ3n) is 2.52. The first-order valence-electron chi connectivity index (χ1n) is 6.69. The van der Waals surface area contributed by atoms with E-state index >= 15 is 0 Å². The maximum absolute atomic E-state index is 11.7. The Morgan fingerprint density at radius 2 is 1.81 bits per heavy atom. The lowest BCUT2D eigenvalue weighted by atomic mass is 10.2. The van der Waals surface area contributed by atoms with Crippen molar-refractivity contribution < 1.29 is 14.3 Å². The van der Waals surface area contributed by atoms with Gasteiger partial charge in [-0.1, -0.05) is 15.9 Å². The van der Waals surface area contributed by atoms with E-state index in [4.69, 9.17) is 4.74 Å². The van der Waals surface area contributed by atoms with Crippen molar-refractivity contribution in [3.8, 4) is 0 Å². The van der Waals surface area contributed by atoms with Crippen LogP contribution in [0.25, 0.3) is 0 Å². The van der Waals surface area contributed by atoms with E-state index < -0.39 is 11.7 Å². The van der Waals surface area contributed by atoms with E-state index in [1.807, 2.05) is 24.3 Å². The molecule has 1 aromatic rings. The first-order valence-corrected chi connectivity index (χ1v) is 7.49. The Labute approximate surface area is 133 Å². The van der Waals surface area contributed by atoms with Crippen LogP contribution in [0.3, 0.4) is 0 Å². The number of nitrogens with zero attached hydrogens (tertiary/aromatic N) is 1. The summed E-state index contributed by atoms with van der Waals surface area (Å²) in [4.78, 5) is 24.9. The highest BCUT2D eigenvalue weighted by atomic mass is 79.9. The van der Waals surface area contributed by atoms with Crippen LogP contribution in [0.5, 0.6) is 0 Å². The van der Waals surface area contributed by atoms with E-state index in [9.17, 15) is 9.59 Å². The molecule has 0 bridgehead atoms. The van der Waals surface area contributed by atoms with Gasteiger partial charge >= 0.3 is 6.09 Å². The number of alkyl carbamates (subject to hydrolysis) is 1. The van der Waals surface area contributed by atoms with Crippen LogP contribution < -0.4 is 10.2 Å². The quantitative estimate of drug-likeness (QED) is 0.899. The summed E-state index contributed by atoms with van der Waals surface area (Å²) in [6, 6.07) is 7.43. The summed E-state index contributed by atoms with van der Waals surface area (Å²) in [5.41, 5.74) is 0.257. The average Bonchev–Trinajstić information content (AvgIpc) is 2.33. The smallest absolute Gasteiger partial charge is 0.407 e. The Bertz CT molecular complexity index is 495. The number of hydrogen-bond acceptors (Lipinski definition) is 3. The van der Waals surface area contributed by atoms with Gasteiger partial charge in [0.25, 0.3) is 0 Å². The van der Waals surface area contributed by atoms with Crippen molar-refractivity contribution in [3.05, 3.63) is 28.7 Å². The number of anilines is 1. The lowest BCUT2D eigenvalue weighted by Gasteiger charge is -2.23. The molecule has 0 radical (unpaired) electrons. The Hall–Kier alpha value is -1.56. The predicted octanol–water partition coefficient (Wildman–Crippen LogP) is 3.33. The van der Waals surface area contributed by atoms with Crippen molar-refractivity contribution in [2.24, 2.45) is 0 Å². The molecule has 0 heterocycles. The van der Waals surface area contributed by atoms with E-state index in [0.717, 1.165) is 10.2 Å². The molecule has 0 unspecified atom stereocenters. The molecule has 0 aliphatic rings. The van der Waals surface area contributed by atoms with Crippen LogP contribution >= 0.6 is 15.9 Å². The molecule has 0 saturated carbocycles. The minimum Gasteiger partial charge on any atom is -0.444 e. The molecule has 1 aromatic carbocycles. The first-order chi connectivity index (χ1) is 9.69. The Morgan fingerprint density at radius 3 is 2.29 bits per heavy atom. The second-order valence-electron chi connectivity index (χ2n) is 5.58. The van der Waals surface area contributed by atoms with Crippen molar-refractivity contribution in [1.29, 1.82) is 0 Å². The van der Waals surface area contributed by atoms with Gasteiger partial charge < -0.3 is 15.0 Å². The molecule has 5 nitrogen and oxygen atoms in total. The van der Waals surface area contributed by atoms with Gasteiger partial charge in [0.2, 0.25) is 5.91 Å². The normalized spacial score (nSPS) is 10.9. The third kappa shape index (κ3) is 6.62. The van der Waals surface area contributed by atoms with Crippen molar-refractivity contribution in [2.45, 2.75) is 33.3 Å². The summed E-state index contributed by atoms with van der Waals surface area (Å²) in [6.45, 7) is 7.61. The second kappa shape index (κ2) is 7.45. The van der Waals surface area contributed by atoms with Gasteiger partial charge in [0.05, 0.1) is 0 Å². The van der Waals surface area contributed by atoms with Gasteiger partial charge in [-0.2, -0.15) is 0 Å². The van der Waals surface area contributed by atoms with Crippen LogP contribution in [0.4, 0.5) is 10.5 Å². The SMILES string of the molecule is CC(=O)N(CCNC(=O)OC(C)(C)C)c1ccc(Br)cc1. The molecule has 1 rings (SSSR count). The maximum atomic E-state index is 11.7. The number of halogens is 1. The Kier molecular flexibility index (Phi) is 6.20. The van der Waals surface area contributed by atoms with Crippen LogP contribution in [0.1, 0.15) is 27.7 Å². The third-order valence-corrected chi connectivity index (χ3v) is 3.05. The van der Waals surface area contributed by atoms with E-state index in [2.05, 4.69) is 21.2 Å². The number of benzene rings is 1. The number of hydrogen-bond donors (Lipinski definition) is 1. The minimum atomic E-state index is -0.532. The molecule has 0 atom stereocenters. The fourth-order valence-corrected chi connectivity index (χ4v) is 1.94. The van der Waals surface area contributed by atoms with Gasteiger partial charge in [0, 0.05) is 30.2 Å². The van der Waals surface area contributed by atoms with Gasteiger partial charge in [0.15, 0.2) is 0 Å². The van der Waals surface area contributed by atoms with Crippen molar-refractivity contribution in [1.82, 2.24) is 5.32 Å². The number of amides is 2. The van der Waals surface area contributed by atoms with Crippen LogP contribution in [-0.4, -0.2) is 30.7 Å². The van der Waals surface area contributed by atoms with Crippen molar-refractivity contribution in [2.75, 3.05) is 18.0 Å². The van der Waals surface area contributed by atoms with Crippen LogP contribution in [0.15, 0.2) is 28.7 Å². The molecule has 0 saturated heterocycles. The minimum absolute atomic E-state index is 0.0803. The lowest BCUT2D eigenvalue weighted by molar-refractivity contribution is -0.116. The molecule has 21 heavy (non-hydrogen) atoms. The van der Waals surface area contributed by atoms with Gasteiger partial charge in [0.1, 0.15) is 5.60 Å². The fraction of sp³-hybridized carbons (Fsp3) is 0.467. The summed E-state index contributed by atoms with van der Waals surface area (Å²) < 4.78 is 6.09. The van der Waals surface area contributed by atoms with E-state index in [1.165, 1.54) is 6.92 Å². The Morgan fingerprint density at radius 1 is 1.24 bits per heavy atom. The number of nitrogens with one attached hydrogen (secondary N) is 1. The Balaban J connectivity index is 2.55. The zero-order chi connectivity index (χ0) is 16.0. The zero-order valence-corrected chi connectivity index (χ0v) is 14.4. The summed E-state index contributed by atoms with van der Waals surface area (Å²) in [5.74, 6) is -0.0803. The number of carbonyl (C=O) groups is 2. The van der Waals surface area contributed by atoms with Gasteiger partial charge in [-0.05, 0) is 45.0 Å². The molecule has 0 fully saturated rings. The molecule has 0 aromatic heterocycles. The standard InChI is InChI=1S/C15H21BrN2O3/c1-11(19)18(13-7-5-12(16)6-8-13)10-9-17-14(20)21-15(2,3)4/h5-8H,9-10H2,1-4H3,(H,17,20). The van der Waals surface area contributed by atoms with Gasteiger partial charge in [-0.15, -0.1) is 0 Å². The molecule has 1 N–H and O–H groups in total. The lowest BCUT2D eigenvalue weighted by Crippen LogP contribution is -2.39. The van der Waals surface area contributed by atoms with Crippen LogP contribution in [0, 0.1) is 0 Å². The van der Waals surface area contributed by atoms with E-state index in [1.54, 1.807) is 25.7 Å². The molecule has 116 valence electrons. The largest absolute Gasteiger partial charge is 0.444 e. The fourth-order valence-electron chi connectivity index (χ4n) is 1.67. The van der Waals surface area contributed by atoms with Gasteiger partial charge in [-0.3, -0.25) is 4.79 Å². The monoisotopic (exact) mass is 356 g/mol. The van der Waals surface area contributed by atoms with E-state index in [-0.39, 0.29) is 5.91 Å². The highest BCUT2D eigenvalue weighted by Crippen LogP contribution is 2.18. The first kappa shape index (κ1) is 17.5.